The summed E-state index contributed by atoms with van der Waals surface area (Å²) in [4.78, 5) is 11.3. The van der Waals surface area contributed by atoms with Crippen molar-refractivity contribution in [2.24, 2.45) is 5.41 Å². The molecule has 2 heterocycles. The van der Waals surface area contributed by atoms with Crippen LogP contribution in [0.4, 0.5) is 5.95 Å². The smallest absolute Gasteiger partial charge is 0.225 e. The molecule has 0 amide bonds. The van der Waals surface area contributed by atoms with Crippen LogP contribution in [0.25, 0.3) is 0 Å². The Kier molecular flexibility index (Phi) is 4.17. The van der Waals surface area contributed by atoms with E-state index < -0.39 is 0 Å². The van der Waals surface area contributed by atoms with Gasteiger partial charge in [-0.2, -0.15) is 0 Å². The quantitative estimate of drug-likeness (QED) is 0.867. The van der Waals surface area contributed by atoms with Crippen molar-refractivity contribution in [2.45, 2.75) is 33.6 Å². The number of hydrogen-bond donors (Lipinski definition) is 1. The molecular weight excluding hydrogens is 224 g/mol. The summed E-state index contributed by atoms with van der Waals surface area (Å²) in [6.45, 7) is 10.9. The molecule has 100 valence electrons. The normalized spacial score (nSPS) is 17.6. The molecule has 1 saturated heterocycles. The van der Waals surface area contributed by atoms with Gasteiger partial charge in [0.25, 0.3) is 0 Å². The van der Waals surface area contributed by atoms with Gasteiger partial charge in [0.1, 0.15) is 0 Å². The average molecular weight is 248 g/mol. The monoisotopic (exact) mass is 248 g/mol. The summed E-state index contributed by atoms with van der Waals surface area (Å²) in [5.41, 5.74) is 1.51. The molecular formula is C14H24N4. The highest BCUT2D eigenvalue weighted by Gasteiger charge is 2.14. The van der Waals surface area contributed by atoms with Crippen molar-refractivity contribution < 1.29 is 0 Å². The van der Waals surface area contributed by atoms with Crippen molar-refractivity contribution in [1.29, 1.82) is 0 Å². The molecule has 0 atom stereocenters. The zero-order chi connectivity index (χ0) is 13.0. The molecule has 18 heavy (non-hydrogen) atoms. The Morgan fingerprint density at radius 2 is 1.89 bits per heavy atom. The first kappa shape index (κ1) is 13.3. The van der Waals surface area contributed by atoms with Gasteiger partial charge in [-0.1, -0.05) is 20.8 Å². The Hall–Kier alpha value is -1.16. The molecule has 1 fully saturated rings. The molecule has 4 nitrogen and oxygen atoms in total. The maximum Gasteiger partial charge on any atom is 0.225 e. The first-order chi connectivity index (χ1) is 8.54. The van der Waals surface area contributed by atoms with Crippen LogP contribution >= 0.6 is 0 Å². The van der Waals surface area contributed by atoms with Crippen LogP contribution < -0.4 is 10.2 Å². The van der Waals surface area contributed by atoms with Gasteiger partial charge in [-0.05, 0) is 30.4 Å². The zero-order valence-electron chi connectivity index (χ0n) is 11.7. The van der Waals surface area contributed by atoms with Crippen molar-refractivity contribution >= 4 is 5.95 Å². The summed E-state index contributed by atoms with van der Waals surface area (Å²) in [6.07, 6.45) is 6.14. The summed E-state index contributed by atoms with van der Waals surface area (Å²) < 4.78 is 0. The topological polar surface area (TPSA) is 41.1 Å². The standard InChI is InChI=1S/C14H24N4/c1-14(2,3)9-12-10-16-13(17-11-12)18-7-4-5-15-6-8-18/h10-11,15H,4-9H2,1-3H3. The fourth-order valence-electron chi connectivity index (χ4n) is 2.26. The molecule has 0 unspecified atom stereocenters. The van der Waals surface area contributed by atoms with Crippen molar-refractivity contribution in [1.82, 2.24) is 15.3 Å². The lowest BCUT2D eigenvalue weighted by atomic mass is 9.89. The predicted octanol–water partition coefficient (Wildman–Crippen LogP) is 1.86. The maximum absolute atomic E-state index is 4.52. The van der Waals surface area contributed by atoms with Crippen molar-refractivity contribution in [3.05, 3.63) is 18.0 Å². The van der Waals surface area contributed by atoms with Gasteiger partial charge in [-0.25, -0.2) is 9.97 Å². The summed E-state index contributed by atoms with van der Waals surface area (Å²) in [6, 6.07) is 0. The van der Waals surface area contributed by atoms with E-state index in [1.165, 1.54) is 5.56 Å². The van der Waals surface area contributed by atoms with Gasteiger partial charge in [-0.15, -0.1) is 0 Å². The third-order valence-electron chi connectivity index (χ3n) is 3.05. The van der Waals surface area contributed by atoms with Crippen LogP contribution in [0.15, 0.2) is 12.4 Å². The number of aromatic nitrogens is 2. The van der Waals surface area contributed by atoms with Crippen LogP contribution in [-0.4, -0.2) is 36.1 Å². The van der Waals surface area contributed by atoms with Crippen LogP contribution in [-0.2, 0) is 6.42 Å². The molecule has 1 N–H and O–H groups in total. The summed E-state index contributed by atoms with van der Waals surface area (Å²) in [7, 11) is 0. The fourth-order valence-corrected chi connectivity index (χ4v) is 2.26. The summed E-state index contributed by atoms with van der Waals surface area (Å²) >= 11 is 0. The minimum atomic E-state index is 0.289. The fraction of sp³-hybridized carbons (Fsp3) is 0.714. The Morgan fingerprint density at radius 1 is 1.17 bits per heavy atom. The van der Waals surface area contributed by atoms with Crippen molar-refractivity contribution in [2.75, 3.05) is 31.1 Å². The van der Waals surface area contributed by atoms with E-state index in [1.54, 1.807) is 0 Å². The molecule has 2 rings (SSSR count). The third-order valence-corrected chi connectivity index (χ3v) is 3.05. The lowest BCUT2D eigenvalue weighted by Gasteiger charge is -2.21. The van der Waals surface area contributed by atoms with Crippen LogP contribution in [0.2, 0.25) is 0 Å². The van der Waals surface area contributed by atoms with Gasteiger partial charge >= 0.3 is 0 Å². The molecule has 0 aliphatic carbocycles. The summed E-state index contributed by atoms with van der Waals surface area (Å²) in [5, 5.41) is 3.39. The van der Waals surface area contributed by atoms with Gasteiger partial charge in [-0.3, -0.25) is 0 Å². The van der Waals surface area contributed by atoms with E-state index >= 15 is 0 Å². The first-order valence-corrected chi connectivity index (χ1v) is 6.81. The second-order valence-corrected chi connectivity index (χ2v) is 6.22. The van der Waals surface area contributed by atoms with E-state index in [2.05, 4.69) is 41.0 Å². The van der Waals surface area contributed by atoms with Crippen LogP contribution in [0.3, 0.4) is 0 Å². The molecule has 4 heteroatoms. The lowest BCUT2D eigenvalue weighted by molar-refractivity contribution is 0.410. The molecule has 0 saturated carbocycles. The van der Waals surface area contributed by atoms with E-state index in [1.807, 2.05) is 12.4 Å². The molecule has 0 radical (unpaired) electrons. The maximum atomic E-state index is 4.52. The lowest BCUT2D eigenvalue weighted by Crippen LogP contribution is -2.29. The Labute approximate surface area is 110 Å². The molecule has 1 aliphatic heterocycles. The van der Waals surface area contributed by atoms with Crippen molar-refractivity contribution in [3.63, 3.8) is 0 Å². The van der Waals surface area contributed by atoms with Gasteiger partial charge < -0.3 is 10.2 Å². The Balaban J connectivity index is 2.02. The van der Waals surface area contributed by atoms with Crippen molar-refractivity contribution in [3.8, 4) is 0 Å². The molecule has 1 aromatic heterocycles. The Bertz CT molecular complexity index is 358. The van der Waals surface area contributed by atoms with E-state index in [0.717, 1.165) is 45.0 Å². The second-order valence-electron chi connectivity index (χ2n) is 6.22. The third kappa shape index (κ3) is 3.95. The Morgan fingerprint density at radius 3 is 2.56 bits per heavy atom. The molecule has 0 aromatic carbocycles. The molecule has 1 aromatic rings. The number of nitrogens with one attached hydrogen (secondary N) is 1. The molecule has 1 aliphatic rings. The van der Waals surface area contributed by atoms with Crippen LogP contribution in [0.1, 0.15) is 32.8 Å². The second kappa shape index (κ2) is 5.65. The highest BCUT2D eigenvalue weighted by molar-refractivity contribution is 5.30. The predicted molar refractivity (Wildman–Crippen MR) is 74.9 cm³/mol. The average Bonchev–Trinajstić information content (AvgIpc) is 2.56. The van der Waals surface area contributed by atoms with E-state index in [0.29, 0.717) is 0 Å². The highest BCUT2D eigenvalue weighted by atomic mass is 15.3. The minimum absolute atomic E-state index is 0.289. The van der Waals surface area contributed by atoms with Gasteiger partial charge in [0.15, 0.2) is 0 Å². The van der Waals surface area contributed by atoms with E-state index in [9.17, 15) is 0 Å². The summed E-state index contributed by atoms with van der Waals surface area (Å²) in [5.74, 6) is 0.872. The van der Waals surface area contributed by atoms with E-state index in [-0.39, 0.29) is 5.41 Å². The van der Waals surface area contributed by atoms with Gasteiger partial charge in [0.2, 0.25) is 5.95 Å². The number of hydrogen-bond acceptors (Lipinski definition) is 4. The zero-order valence-corrected chi connectivity index (χ0v) is 11.7. The first-order valence-electron chi connectivity index (χ1n) is 6.81. The SMILES string of the molecule is CC(C)(C)Cc1cnc(N2CCCNCC2)nc1. The van der Waals surface area contributed by atoms with Gasteiger partial charge in [0, 0.05) is 32.0 Å². The van der Waals surface area contributed by atoms with Crippen LogP contribution in [0, 0.1) is 5.41 Å². The van der Waals surface area contributed by atoms with Crippen LogP contribution in [0.5, 0.6) is 0 Å². The molecule has 0 spiro atoms. The largest absolute Gasteiger partial charge is 0.340 e. The number of nitrogens with zero attached hydrogens (tertiary/aromatic N) is 3. The van der Waals surface area contributed by atoms with Gasteiger partial charge in [0.05, 0.1) is 0 Å². The minimum Gasteiger partial charge on any atom is -0.340 e. The number of rotatable bonds is 2. The number of anilines is 1. The molecule has 0 bridgehead atoms. The van der Waals surface area contributed by atoms with E-state index in [4.69, 9.17) is 0 Å². The highest BCUT2D eigenvalue weighted by Crippen LogP contribution is 2.20.